The van der Waals surface area contributed by atoms with Crippen LogP contribution in [0.2, 0.25) is 0 Å². The van der Waals surface area contributed by atoms with Crippen LogP contribution in [-0.2, 0) is 29.6 Å². The summed E-state index contributed by atoms with van der Waals surface area (Å²) in [6.45, 7) is 5.63. The van der Waals surface area contributed by atoms with Crippen molar-refractivity contribution in [3.8, 4) is 0 Å². The first kappa shape index (κ1) is 23.9. The molecule has 0 aliphatic carbocycles. The van der Waals surface area contributed by atoms with E-state index in [2.05, 4.69) is 9.62 Å². The molecular weight excluding hydrogens is 470 g/mol. The summed E-state index contributed by atoms with van der Waals surface area (Å²) in [4.78, 5) is 14.5. The van der Waals surface area contributed by atoms with Crippen molar-refractivity contribution in [3.05, 3.63) is 47.9 Å². The molecule has 0 radical (unpaired) electrons. The summed E-state index contributed by atoms with van der Waals surface area (Å²) in [5.74, 6) is -0.769. The van der Waals surface area contributed by atoms with E-state index < -0.39 is 31.9 Å². The summed E-state index contributed by atoms with van der Waals surface area (Å²) < 4.78 is 65.3. The number of anilines is 1. The maximum absolute atomic E-state index is 13.1. The van der Waals surface area contributed by atoms with E-state index in [9.17, 15) is 21.6 Å². The number of morpholine rings is 1. The van der Waals surface area contributed by atoms with Gasteiger partial charge in [-0.1, -0.05) is 6.92 Å². The van der Waals surface area contributed by atoms with Crippen molar-refractivity contribution in [2.24, 2.45) is 5.92 Å². The summed E-state index contributed by atoms with van der Waals surface area (Å²) in [6, 6.07) is 7.36. The summed E-state index contributed by atoms with van der Waals surface area (Å²) in [5.41, 5.74) is 0.478. The smallest absolute Gasteiger partial charge is 0.244 e. The fourth-order valence-electron chi connectivity index (χ4n) is 4.19. The van der Waals surface area contributed by atoms with Gasteiger partial charge in [0.05, 0.1) is 47.8 Å². The number of furan rings is 1. The van der Waals surface area contributed by atoms with Crippen molar-refractivity contribution in [2.45, 2.75) is 24.8 Å². The van der Waals surface area contributed by atoms with Crippen molar-refractivity contribution < 1.29 is 30.8 Å². The van der Waals surface area contributed by atoms with Crippen LogP contribution in [0.1, 0.15) is 24.3 Å². The van der Waals surface area contributed by atoms with Crippen LogP contribution in [0.25, 0.3) is 0 Å². The molecule has 2 atom stereocenters. The van der Waals surface area contributed by atoms with Gasteiger partial charge in [0, 0.05) is 19.6 Å². The second-order valence-corrected chi connectivity index (χ2v) is 11.9. The van der Waals surface area contributed by atoms with Gasteiger partial charge in [-0.25, -0.2) is 25.9 Å². The lowest BCUT2D eigenvalue weighted by Gasteiger charge is -2.33. The van der Waals surface area contributed by atoms with Gasteiger partial charge in [0.2, 0.25) is 26.0 Å². The second kappa shape index (κ2) is 9.18. The Kier molecular flexibility index (Phi) is 6.65. The molecule has 3 heterocycles. The van der Waals surface area contributed by atoms with E-state index >= 15 is 0 Å². The van der Waals surface area contributed by atoms with Gasteiger partial charge in [-0.3, -0.25) is 9.69 Å². The lowest BCUT2D eigenvalue weighted by atomic mass is 10.2. The standard InChI is InChI=1S/C21H27N3O7S2/c1-15-12-17(24-21(25)16(2)14-32(24,26)27)5-6-20(15)33(28,29)22-13-18(19-4-3-9-31-19)23-7-10-30-11-8-23/h3-6,9,12,16,18,22H,7-8,10-11,13-14H2,1-2H3/t16-,18-/m1/s1. The molecule has 1 aromatic heterocycles. The van der Waals surface area contributed by atoms with Gasteiger partial charge in [0.15, 0.2) is 0 Å². The first-order chi connectivity index (χ1) is 15.6. The molecular formula is C21H27N3O7S2. The number of sulfonamides is 2. The molecule has 2 fully saturated rings. The van der Waals surface area contributed by atoms with E-state index in [4.69, 9.17) is 9.15 Å². The predicted molar refractivity (Wildman–Crippen MR) is 121 cm³/mol. The van der Waals surface area contributed by atoms with Crippen LogP contribution >= 0.6 is 0 Å². The molecule has 10 nitrogen and oxygen atoms in total. The van der Waals surface area contributed by atoms with Crippen molar-refractivity contribution in [1.82, 2.24) is 9.62 Å². The summed E-state index contributed by atoms with van der Waals surface area (Å²) in [6.07, 6.45) is 1.55. The lowest BCUT2D eigenvalue weighted by molar-refractivity contribution is -0.119. The van der Waals surface area contributed by atoms with Gasteiger partial charge >= 0.3 is 0 Å². The number of amides is 1. The molecule has 2 aromatic rings. The van der Waals surface area contributed by atoms with Crippen LogP contribution in [0.4, 0.5) is 5.69 Å². The molecule has 4 rings (SSSR count). The number of nitrogens with one attached hydrogen (secondary N) is 1. The highest BCUT2D eigenvalue weighted by molar-refractivity contribution is 7.94. The topological polar surface area (TPSA) is 126 Å². The Hall–Kier alpha value is -2.25. The van der Waals surface area contributed by atoms with Crippen molar-refractivity contribution >= 4 is 31.6 Å². The Balaban J connectivity index is 1.55. The average molecular weight is 498 g/mol. The molecule has 180 valence electrons. The predicted octanol–water partition coefficient (Wildman–Crippen LogP) is 1.25. The Labute approximate surface area is 193 Å². The lowest BCUT2D eigenvalue weighted by Crippen LogP contribution is -2.43. The first-order valence-electron chi connectivity index (χ1n) is 10.6. The number of ether oxygens (including phenoxy) is 1. The average Bonchev–Trinajstić information content (AvgIpc) is 3.35. The number of hydrogen-bond donors (Lipinski definition) is 1. The molecule has 1 amide bonds. The highest BCUT2D eigenvalue weighted by Gasteiger charge is 2.42. The van der Waals surface area contributed by atoms with Crippen molar-refractivity contribution in [2.75, 3.05) is 42.9 Å². The highest BCUT2D eigenvalue weighted by Crippen LogP contribution is 2.31. The number of hydrogen-bond acceptors (Lipinski definition) is 8. The number of carbonyl (C=O) groups excluding carboxylic acids is 1. The SMILES string of the molecule is Cc1cc(N2C(=O)[C@H](C)CS2(=O)=O)ccc1S(=O)(=O)NC[C@H](c1ccco1)N1CCOCC1. The quantitative estimate of drug-likeness (QED) is 0.606. The minimum atomic E-state index is -3.91. The molecule has 1 N–H and O–H groups in total. The van der Waals surface area contributed by atoms with E-state index in [0.29, 0.717) is 37.6 Å². The molecule has 2 aliphatic rings. The van der Waals surface area contributed by atoms with Crippen LogP contribution in [0.5, 0.6) is 0 Å². The molecule has 0 bridgehead atoms. The molecule has 2 saturated heterocycles. The molecule has 0 spiro atoms. The number of carbonyl (C=O) groups is 1. The van der Waals surface area contributed by atoms with Gasteiger partial charge in [-0.2, -0.15) is 0 Å². The summed E-state index contributed by atoms with van der Waals surface area (Å²) in [5, 5.41) is 0. The van der Waals surface area contributed by atoms with Gasteiger partial charge in [-0.05, 0) is 42.8 Å². The van der Waals surface area contributed by atoms with Crippen LogP contribution in [0.15, 0.2) is 45.9 Å². The zero-order valence-electron chi connectivity index (χ0n) is 18.4. The largest absolute Gasteiger partial charge is 0.468 e. The third-order valence-corrected chi connectivity index (χ3v) is 9.32. The second-order valence-electron chi connectivity index (χ2n) is 8.26. The molecule has 0 saturated carbocycles. The van der Waals surface area contributed by atoms with Crippen molar-refractivity contribution in [3.63, 3.8) is 0 Å². The van der Waals surface area contributed by atoms with Gasteiger partial charge in [0.25, 0.3) is 0 Å². The Morgan fingerprint density at radius 2 is 1.94 bits per heavy atom. The molecule has 0 unspecified atom stereocenters. The molecule has 33 heavy (non-hydrogen) atoms. The summed E-state index contributed by atoms with van der Waals surface area (Å²) >= 11 is 0. The third kappa shape index (κ3) is 4.85. The van der Waals surface area contributed by atoms with Gasteiger partial charge in [-0.15, -0.1) is 0 Å². The zero-order valence-corrected chi connectivity index (χ0v) is 20.1. The number of rotatable bonds is 7. The third-order valence-electron chi connectivity index (χ3n) is 5.87. The highest BCUT2D eigenvalue weighted by atomic mass is 32.2. The van der Waals surface area contributed by atoms with Crippen LogP contribution in [0, 0.1) is 12.8 Å². The van der Waals surface area contributed by atoms with E-state index in [1.54, 1.807) is 26.2 Å². The Bertz CT molecular complexity index is 1220. The summed E-state index contributed by atoms with van der Waals surface area (Å²) in [7, 11) is -7.68. The van der Waals surface area contributed by atoms with Crippen LogP contribution in [0.3, 0.4) is 0 Å². The van der Waals surface area contributed by atoms with Gasteiger partial charge in [0.1, 0.15) is 5.76 Å². The number of nitrogens with zero attached hydrogens (tertiary/aromatic N) is 2. The van der Waals surface area contributed by atoms with E-state index in [1.165, 1.54) is 18.2 Å². The Morgan fingerprint density at radius 3 is 2.52 bits per heavy atom. The fourth-order valence-corrected chi connectivity index (χ4v) is 7.27. The minimum Gasteiger partial charge on any atom is -0.468 e. The molecule has 12 heteroatoms. The van der Waals surface area contributed by atoms with E-state index in [-0.39, 0.29) is 28.9 Å². The normalized spacial score (nSPS) is 22.5. The van der Waals surface area contributed by atoms with Crippen LogP contribution < -0.4 is 9.03 Å². The zero-order chi connectivity index (χ0) is 23.8. The Morgan fingerprint density at radius 1 is 1.21 bits per heavy atom. The molecule has 2 aliphatic heterocycles. The van der Waals surface area contributed by atoms with Gasteiger partial charge < -0.3 is 9.15 Å². The first-order valence-corrected chi connectivity index (χ1v) is 13.7. The maximum atomic E-state index is 13.1. The van der Waals surface area contributed by atoms with E-state index in [0.717, 1.165) is 4.31 Å². The fraction of sp³-hybridized carbons (Fsp3) is 0.476. The number of aryl methyl sites for hydroxylation is 1. The molecule has 1 aromatic carbocycles. The monoisotopic (exact) mass is 497 g/mol. The minimum absolute atomic E-state index is 0.0171. The van der Waals surface area contributed by atoms with E-state index in [1.807, 2.05) is 6.07 Å². The maximum Gasteiger partial charge on any atom is 0.244 e. The van der Waals surface area contributed by atoms with Crippen molar-refractivity contribution in [1.29, 1.82) is 0 Å². The number of benzene rings is 1. The van der Waals surface area contributed by atoms with Crippen LogP contribution in [-0.4, -0.2) is 66.2 Å².